The lowest BCUT2D eigenvalue weighted by molar-refractivity contribution is 0.465. The van der Waals surface area contributed by atoms with Gasteiger partial charge >= 0.3 is 0 Å². The number of halogens is 2. The predicted octanol–water partition coefficient (Wildman–Crippen LogP) is 4.49. The number of hydrogen-bond donors (Lipinski definition) is 1. The lowest BCUT2D eigenvalue weighted by Crippen LogP contribution is -1.94. The van der Waals surface area contributed by atoms with Crippen molar-refractivity contribution in [1.29, 1.82) is 0 Å². The monoisotopic (exact) mass is 320 g/mol. The molecule has 1 rings (SSSR count). The summed E-state index contributed by atoms with van der Waals surface area (Å²) in [7, 11) is 0. The summed E-state index contributed by atoms with van der Waals surface area (Å²) in [5, 5.41) is 9.80. The van der Waals surface area contributed by atoms with E-state index in [1.54, 1.807) is 0 Å². The van der Waals surface area contributed by atoms with Gasteiger partial charge in [0, 0.05) is 20.1 Å². The first-order valence-corrected chi connectivity index (χ1v) is 6.25. The Kier molecular flexibility index (Phi) is 4.02. The Morgan fingerprint density at radius 2 is 1.50 bits per heavy atom. The van der Waals surface area contributed by atoms with E-state index < -0.39 is 0 Å². The Morgan fingerprint density at radius 1 is 1.07 bits per heavy atom. The van der Waals surface area contributed by atoms with Crippen molar-refractivity contribution in [2.24, 2.45) is 0 Å². The molecule has 0 saturated heterocycles. The third kappa shape index (κ3) is 1.98. The van der Waals surface area contributed by atoms with E-state index in [2.05, 4.69) is 38.8 Å². The smallest absolute Gasteiger partial charge is 0.123 e. The molecule has 1 aromatic rings. The predicted molar refractivity (Wildman–Crippen MR) is 67.0 cm³/mol. The van der Waals surface area contributed by atoms with Gasteiger partial charge in [0.05, 0.1) is 0 Å². The highest BCUT2D eigenvalue weighted by Crippen LogP contribution is 2.39. The van der Waals surface area contributed by atoms with Crippen LogP contribution in [0.15, 0.2) is 8.95 Å². The van der Waals surface area contributed by atoms with Crippen LogP contribution in [0.4, 0.5) is 0 Å². The molecule has 78 valence electrons. The minimum Gasteiger partial charge on any atom is -0.507 e. The zero-order valence-electron chi connectivity index (χ0n) is 8.62. The Hall–Kier alpha value is -0.0200. The van der Waals surface area contributed by atoms with Gasteiger partial charge in [-0.2, -0.15) is 0 Å². The van der Waals surface area contributed by atoms with Gasteiger partial charge in [-0.1, -0.05) is 45.2 Å². The van der Waals surface area contributed by atoms with Gasteiger partial charge in [0.15, 0.2) is 0 Å². The summed E-state index contributed by atoms with van der Waals surface area (Å²) in [6, 6.07) is 0. The third-order valence-electron chi connectivity index (χ3n) is 2.40. The molecule has 0 aliphatic rings. The summed E-state index contributed by atoms with van der Waals surface area (Å²) in [6.45, 7) is 6.01. The first-order valence-electron chi connectivity index (χ1n) is 4.66. The highest BCUT2D eigenvalue weighted by molar-refractivity contribution is 9.11. The molecule has 0 aliphatic heterocycles. The van der Waals surface area contributed by atoms with Gasteiger partial charge in [0.25, 0.3) is 0 Å². The first-order chi connectivity index (χ1) is 6.50. The Labute approximate surface area is 102 Å². The third-order valence-corrected chi connectivity index (χ3v) is 4.55. The Balaban J connectivity index is 3.43. The van der Waals surface area contributed by atoms with Crippen LogP contribution in [0, 0.1) is 13.8 Å². The molecule has 1 nitrogen and oxygen atoms in total. The molecule has 0 atom stereocenters. The van der Waals surface area contributed by atoms with Crippen molar-refractivity contribution in [3.63, 3.8) is 0 Å². The topological polar surface area (TPSA) is 20.2 Å². The molecule has 0 aromatic heterocycles. The van der Waals surface area contributed by atoms with Crippen LogP contribution in [0.1, 0.15) is 30.0 Å². The summed E-state index contributed by atoms with van der Waals surface area (Å²) in [5.41, 5.74) is 3.10. The van der Waals surface area contributed by atoms with E-state index in [9.17, 15) is 5.11 Å². The quantitative estimate of drug-likeness (QED) is 0.851. The van der Waals surface area contributed by atoms with Gasteiger partial charge in [-0.3, -0.25) is 0 Å². The summed E-state index contributed by atoms with van der Waals surface area (Å²) in [5.74, 6) is 0.378. The van der Waals surface area contributed by atoms with E-state index in [4.69, 9.17) is 0 Å². The fourth-order valence-corrected chi connectivity index (χ4v) is 2.94. The van der Waals surface area contributed by atoms with E-state index in [0.29, 0.717) is 5.75 Å². The first kappa shape index (κ1) is 12.1. The molecule has 0 radical (unpaired) electrons. The average molecular weight is 322 g/mol. The second kappa shape index (κ2) is 4.67. The Morgan fingerprint density at radius 3 is 1.86 bits per heavy atom. The van der Waals surface area contributed by atoms with Crippen molar-refractivity contribution in [1.82, 2.24) is 0 Å². The van der Waals surface area contributed by atoms with Gasteiger partial charge in [-0.25, -0.2) is 0 Å². The minimum absolute atomic E-state index is 0.378. The van der Waals surface area contributed by atoms with Crippen LogP contribution in [0.2, 0.25) is 0 Å². The van der Waals surface area contributed by atoms with Gasteiger partial charge in [0.2, 0.25) is 0 Å². The fourth-order valence-electron chi connectivity index (χ4n) is 1.51. The molecule has 0 amide bonds. The molecule has 1 aromatic carbocycles. The average Bonchev–Trinajstić information content (AvgIpc) is 2.19. The molecule has 0 saturated carbocycles. The lowest BCUT2D eigenvalue weighted by Gasteiger charge is -2.14. The van der Waals surface area contributed by atoms with E-state index in [-0.39, 0.29) is 0 Å². The van der Waals surface area contributed by atoms with Crippen molar-refractivity contribution in [3.05, 3.63) is 25.6 Å². The van der Waals surface area contributed by atoms with Crippen LogP contribution in [-0.4, -0.2) is 5.11 Å². The summed E-state index contributed by atoms with van der Waals surface area (Å²) in [4.78, 5) is 0. The molecule has 0 aliphatic carbocycles. The van der Waals surface area contributed by atoms with Gasteiger partial charge in [-0.15, -0.1) is 0 Å². The fraction of sp³-hybridized carbons (Fsp3) is 0.455. The maximum atomic E-state index is 9.80. The largest absolute Gasteiger partial charge is 0.507 e. The minimum atomic E-state index is 0.378. The molecule has 14 heavy (non-hydrogen) atoms. The van der Waals surface area contributed by atoms with Crippen molar-refractivity contribution < 1.29 is 5.11 Å². The molecular formula is C11H14Br2O. The van der Waals surface area contributed by atoms with E-state index >= 15 is 0 Å². The summed E-state index contributed by atoms with van der Waals surface area (Å²) >= 11 is 7.05. The van der Waals surface area contributed by atoms with E-state index in [1.807, 2.05) is 13.8 Å². The normalized spacial score (nSPS) is 10.6. The van der Waals surface area contributed by atoms with Crippen LogP contribution in [0.3, 0.4) is 0 Å². The molecule has 0 fully saturated rings. The lowest BCUT2D eigenvalue weighted by atomic mass is 10.0. The number of hydrogen-bond acceptors (Lipinski definition) is 1. The van der Waals surface area contributed by atoms with Crippen molar-refractivity contribution in [2.45, 2.75) is 33.6 Å². The molecular weight excluding hydrogens is 308 g/mol. The molecule has 1 N–H and O–H groups in total. The van der Waals surface area contributed by atoms with Crippen LogP contribution >= 0.6 is 31.9 Å². The highest BCUT2D eigenvalue weighted by atomic mass is 79.9. The molecule has 0 bridgehead atoms. The SMILES string of the molecule is CCCc1c(Br)c(C)c(O)c(C)c1Br. The second-order valence-electron chi connectivity index (χ2n) is 3.46. The number of phenols is 1. The molecule has 0 unspecified atom stereocenters. The molecule has 0 spiro atoms. The highest BCUT2D eigenvalue weighted by Gasteiger charge is 2.15. The maximum Gasteiger partial charge on any atom is 0.123 e. The van der Waals surface area contributed by atoms with Crippen molar-refractivity contribution in [3.8, 4) is 5.75 Å². The number of phenolic OH excluding ortho intramolecular Hbond substituents is 1. The molecule has 0 heterocycles. The van der Waals surface area contributed by atoms with Gasteiger partial charge in [-0.05, 0) is 25.8 Å². The maximum absolute atomic E-state index is 9.80. The van der Waals surface area contributed by atoms with Crippen LogP contribution in [-0.2, 0) is 6.42 Å². The summed E-state index contributed by atoms with van der Waals surface area (Å²) < 4.78 is 2.05. The van der Waals surface area contributed by atoms with Crippen molar-refractivity contribution >= 4 is 31.9 Å². The Bertz CT molecular complexity index is 330. The molecule has 3 heteroatoms. The number of aromatic hydroxyl groups is 1. The number of benzene rings is 1. The van der Waals surface area contributed by atoms with Gasteiger partial charge < -0.3 is 5.11 Å². The van der Waals surface area contributed by atoms with Crippen LogP contribution < -0.4 is 0 Å². The van der Waals surface area contributed by atoms with Crippen LogP contribution in [0.25, 0.3) is 0 Å². The summed E-state index contributed by atoms with van der Waals surface area (Å²) in [6.07, 6.45) is 2.12. The van der Waals surface area contributed by atoms with E-state index in [1.165, 1.54) is 5.56 Å². The number of rotatable bonds is 2. The van der Waals surface area contributed by atoms with Gasteiger partial charge in [0.1, 0.15) is 5.75 Å². The van der Waals surface area contributed by atoms with E-state index in [0.717, 1.165) is 32.9 Å². The zero-order valence-corrected chi connectivity index (χ0v) is 11.8. The van der Waals surface area contributed by atoms with Crippen LogP contribution in [0.5, 0.6) is 5.75 Å². The zero-order chi connectivity index (χ0) is 10.9. The second-order valence-corrected chi connectivity index (χ2v) is 5.04. The van der Waals surface area contributed by atoms with Crippen molar-refractivity contribution in [2.75, 3.05) is 0 Å². The standard InChI is InChI=1S/C11H14Br2O/c1-4-5-8-9(12)6(2)11(14)7(3)10(8)13/h14H,4-5H2,1-3H3.